The Morgan fingerprint density at radius 1 is 1.47 bits per heavy atom. The summed E-state index contributed by atoms with van der Waals surface area (Å²) in [6.45, 7) is 10.1. The zero-order valence-electron chi connectivity index (χ0n) is 9.80. The Morgan fingerprint density at radius 3 is 2.80 bits per heavy atom. The van der Waals surface area contributed by atoms with Crippen molar-refractivity contribution < 1.29 is 0 Å². The summed E-state index contributed by atoms with van der Waals surface area (Å²) in [5.74, 6) is 0. The second kappa shape index (κ2) is 5.40. The topological polar surface area (TPSA) is 12.0 Å². The number of allylic oxidation sites excluding steroid dienone is 1. The van der Waals surface area contributed by atoms with Gasteiger partial charge < -0.3 is 5.32 Å². The molecule has 15 heavy (non-hydrogen) atoms. The highest BCUT2D eigenvalue weighted by Crippen LogP contribution is 2.21. The molecule has 1 aromatic rings. The van der Waals surface area contributed by atoms with Crippen molar-refractivity contribution in [3.63, 3.8) is 0 Å². The Labute approximate surface area is 92.5 Å². The van der Waals surface area contributed by atoms with Gasteiger partial charge in [-0.05, 0) is 44.2 Å². The quantitative estimate of drug-likeness (QED) is 0.763. The smallest absolute Gasteiger partial charge is 0.0453 e. The molecule has 0 heterocycles. The van der Waals surface area contributed by atoms with Gasteiger partial charge in [0.25, 0.3) is 0 Å². The third-order valence-corrected chi connectivity index (χ3v) is 2.42. The van der Waals surface area contributed by atoms with E-state index in [0.717, 1.165) is 12.1 Å². The molecule has 0 fully saturated rings. The van der Waals surface area contributed by atoms with Gasteiger partial charge in [0.05, 0.1) is 0 Å². The molecule has 0 atom stereocenters. The Hall–Kier alpha value is -1.50. The molecular weight excluding hydrogens is 182 g/mol. The van der Waals surface area contributed by atoms with Crippen LogP contribution in [0.3, 0.4) is 0 Å². The third kappa shape index (κ3) is 3.28. The van der Waals surface area contributed by atoms with Crippen LogP contribution in [0.5, 0.6) is 0 Å². The number of aryl methyl sites for hydroxylation is 1. The summed E-state index contributed by atoms with van der Waals surface area (Å²) in [5.41, 5.74) is 5.00. The first kappa shape index (κ1) is 11.6. The van der Waals surface area contributed by atoms with E-state index in [0.29, 0.717) is 0 Å². The molecule has 0 saturated carbocycles. The zero-order valence-corrected chi connectivity index (χ0v) is 9.80. The minimum absolute atomic E-state index is 1.08. The Bertz CT molecular complexity index is 375. The monoisotopic (exact) mass is 201 g/mol. The van der Waals surface area contributed by atoms with Gasteiger partial charge in [-0.2, -0.15) is 0 Å². The van der Waals surface area contributed by atoms with Crippen LogP contribution in [0.4, 0.5) is 5.69 Å². The molecule has 0 aromatic heterocycles. The maximum Gasteiger partial charge on any atom is 0.0453 e. The summed E-state index contributed by atoms with van der Waals surface area (Å²) >= 11 is 0. The van der Waals surface area contributed by atoms with Crippen LogP contribution in [-0.2, 0) is 0 Å². The SMILES string of the molecule is C=CNc1ccc(C)cc1/C=C(\C)CC. The van der Waals surface area contributed by atoms with E-state index < -0.39 is 0 Å². The molecule has 1 rings (SSSR count). The largest absolute Gasteiger partial charge is 0.362 e. The average molecular weight is 201 g/mol. The lowest BCUT2D eigenvalue weighted by Crippen LogP contribution is -1.91. The van der Waals surface area contributed by atoms with Gasteiger partial charge in [-0.15, -0.1) is 0 Å². The molecule has 80 valence electrons. The van der Waals surface area contributed by atoms with Crippen LogP contribution in [0.25, 0.3) is 6.08 Å². The summed E-state index contributed by atoms with van der Waals surface area (Å²) in [4.78, 5) is 0. The Morgan fingerprint density at radius 2 is 2.20 bits per heavy atom. The molecule has 1 heteroatoms. The normalized spacial score (nSPS) is 11.3. The van der Waals surface area contributed by atoms with Gasteiger partial charge in [-0.3, -0.25) is 0 Å². The van der Waals surface area contributed by atoms with Crippen LogP contribution in [0, 0.1) is 6.92 Å². The molecule has 0 aliphatic rings. The van der Waals surface area contributed by atoms with Crippen molar-refractivity contribution in [2.24, 2.45) is 0 Å². The molecule has 0 saturated heterocycles. The molecular formula is C14H19N. The van der Waals surface area contributed by atoms with E-state index in [1.165, 1.54) is 16.7 Å². The van der Waals surface area contributed by atoms with Gasteiger partial charge in [-0.25, -0.2) is 0 Å². The van der Waals surface area contributed by atoms with E-state index in [9.17, 15) is 0 Å². The van der Waals surface area contributed by atoms with Crippen LogP contribution in [0.2, 0.25) is 0 Å². The van der Waals surface area contributed by atoms with E-state index in [4.69, 9.17) is 0 Å². The Kier molecular flexibility index (Phi) is 4.17. The van der Waals surface area contributed by atoms with Crippen LogP contribution in [0.15, 0.2) is 36.6 Å². The van der Waals surface area contributed by atoms with Gasteiger partial charge in [-0.1, -0.05) is 36.8 Å². The van der Waals surface area contributed by atoms with Crippen molar-refractivity contribution in [1.82, 2.24) is 0 Å². The van der Waals surface area contributed by atoms with E-state index in [2.05, 4.69) is 56.9 Å². The lowest BCUT2D eigenvalue weighted by atomic mass is 10.1. The molecule has 0 unspecified atom stereocenters. The van der Waals surface area contributed by atoms with Gasteiger partial charge in [0.15, 0.2) is 0 Å². The number of nitrogens with one attached hydrogen (secondary N) is 1. The van der Waals surface area contributed by atoms with Gasteiger partial charge in [0, 0.05) is 5.69 Å². The zero-order chi connectivity index (χ0) is 11.3. The van der Waals surface area contributed by atoms with Crippen molar-refractivity contribution in [2.45, 2.75) is 27.2 Å². The third-order valence-electron chi connectivity index (χ3n) is 2.42. The summed E-state index contributed by atoms with van der Waals surface area (Å²) in [6.07, 6.45) is 5.02. The maximum absolute atomic E-state index is 3.69. The fraction of sp³-hybridized carbons (Fsp3) is 0.286. The second-order valence-electron chi connectivity index (χ2n) is 3.78. The standard InChI is InChI=1S/C14H19N/c1-5-11(3)9-13-10-12(4)7-8-14(13)15-6-2/h6-10,15H,2,5H2,1,3-4H3/b11-9+. The van der Waals surface area contributed by atoms with Crippen molar-refractivity contribution >= 4 is 11.8 Å². The van der Waals surface area contributed by atoms with E-state index in [1.54, 1.807) is 6.20 Å². The predicted octanol–water partition coefficient (Wildman–Crippen LogP) is 4.36. The van der Waals surface area contributed by atoms with Crippen LogP contribution >= 0.6 is 0 Å². The minimum Gasteiger partial charge on any atom is -0.362 e. The van der Waals surface area contributed by atoms with Crippen molar-refractivity contribution in [3.05, 3.63) is 47.7 Å². The number of rotatable bonds is 4. The molecule has 1 aromatic carbocycles. The number of hydrogen-bond acceptors (Lipinski definition) is 1. The predicted molar refractivity (Wildman–Crippen MR) is 68.9 cm³/mol. The van der Waals surface area contributed by atoms with Crippen molar-refractivity contribution in [1.29, 1.82) is 0 Å². The molecule has 0 radical (unpaired) electrons. The lowest BCUT2D eigenvalue weighted by molar-refractivity contribution is 1.11. The molecule has 1 nitrogen and oxygen atoms in total. The number of hydrogen-bond donors (Lipinski definition) is 1. The number of anilines is 1. The summed E-state index contributed by atoms with van der Waals surface area (Å²) in [7, 11) is 0. The minimum atomic E-state index is 1.08. The van der Waals surface area contributed by atoms with E-state index in [1.807, 2.05) is 0 Å². The highest BCUT2D eigenvalue weighted by Gasteiger charge is 1.98. The summed E-state index contributed by atoms with van der Waals surface area (Å²) in [6, 6.07) is 6.38. The highest BCUT2D eigenvalue weighted by atomic mass is 14.8. The summed E-state index contributed by atoms with van der Waals surface area (Å²) in [5, 5.41) is 3.15. The molecule has 0 amide bonds. The maximum atomic E-state index is 3.69. The molecule has 0 aliphatic heterocycles. The van der Waals surface area contributed by atoms with Crippen LogP contribution in [-0.4, -0.2) is 0 Å². The fourth-order valence-electron chi connectivity index (χ4n) is 1.41. The van der Waals surface area contributed by atoms with Gasteiger partial charge >= 0.3 is 0 Å². The second-order valence-corrected chi connectivity index (χ2v) is 3.78. The average Bonchev–Trinajstić information content (AvgIpc) is 2.22. The van der Waals surface area contributed by atoms with E-state index in [-0.39, 0.29) is 0 Å². The molecule has 0 spiro atoms. The van der Waals surface area contributed by atoms with Crippen LogP contribution < -0.4 is 5.32 Å². The van der Waals surface area contributed by atoms with Crippen molar-refractivity contribution in [2.75, 3.05) is 5.32 Å². The molecule has 0 aliphatic carbocycles. The highest BCUT2D eigenvalue weighted by molar-refractivity contribution is 5.69. The van der Waals surface area contributed by atoms with Gasteiger partial charge in [0.1, 0.15) is 0 Å². The van der Waals surface area contributed by atoms with Crippen molar-refractivity contribution in [3.8, 4) is 0 Å². The first-order chi connectivity index (χ1) is 7.17. The van der Waals surface area contributed by atoms with Crippen LogP contribution in [0.1, 0.15) is 31.4 Å². The van der Waals surface area contributed by atoms with Gasteiger partial charge in [0.2, 0.25) is 0 Å². The first-order valence-corrected chi connectivity index (χ1v) is 5.32. The molecule has 0 bridgehead atoms. The lowest BCUT2D eigenvalue weighted by Gasteiger charge is -2.08. The number of benzene rings is 1. The Balaban J connectivity index is 3.12. The van der Waals surface area contributed by atoms with E-state index >= 15 is 0 Å². The molecule has 1 N–H and O–H groups in total. The summed E-state index contributed by atoms with van der Waals surface area (Å²) < 4.78 is 0. The fourth-order valence-corrected chi connectivity index (χ4v) is 1.41. The first-order valence-electron chi connectivity index (χ1n) is 5.32.